The molecule has 2 heterocycles. The first-order valence-corrected chi connectivity index (χ1v) is 14.3. The van der Waals surface area contributed by atoms with Crippen LogP contribution >= 0.6 is 0 Å². The zero-order valence-electron chi connectivity index (χ0n) is 26.4. The number of esters is 2. The number of methoxy groups -OCH3 is 4. The van der Waals surface area contributed by atoms with Crippen LogP contribution in [0.1, 0.15) is 82.6 Å². The molecule has 2 aromatic rings. The number of benzene rings is 2. The van der Waals surface area contributed by atoms with Crippen molar-refractivity contribution in [3.05, 3.63) is 47.5 Å². The quantitative estimate of drug-likeness (QED) is 0.241. The van der Waals surface area contributed by atoms with Crippen LogP contribution in [0.3, 0.4) is 0 Å². The van der Waals surface area contributed by atoms with Gasteiger partial charge >= 0.3 is 26.0 Å². The smallest absolute Gasteiger partial charge is 0.495 e. The summed E-state index contributed by atoms with van der Waals surface area (Å²) in [4.78, 5) is 35.1. The van der Waals surface area contributed by atoms with E-state index < -0.39 is 31.2 Å². The molecule has 1 saturated heterocycles. The number of hydrogen-bond acceptors (Lipinski definition) is 10. The number of hydrogen-bond donors (Lipinski definition) is 1. The lowest BCUT2D eigenvalue weighted by Crippen LogP contribution is -2.41. The van der Waals surface area contributed by atoms with Gasteiger partial charge < -0.3 is 33.3 Å². The molecule has 0 aliphatic carbocycles. The van der Waals surface area contributed by atoms with Crippen LogP contribution in [0.4, 0.5) is 0 Å². The molecule has 1 unspecified atom stereocenters. The van der Waals surface area contributed by atoms with Crippen molar-refractivity contribution in [2.45, 2.75) is 84.2 Å². The highest BCUT2D eigenvalue weighted by atomic mass is 16.7. The number of fused-ring (bicyclic) bond motifs is 1. The van der Waals surface area contributed by atoms with Gasteiger partial charge in [0.15, 0.2) is 5.78 Å². The zero-order valence-corrected chi connectivity index (χ0v) is 26.4. The molecule has 10 nitrogen and oxygen atoms in total. The van der Waals surface area contributed by atoms with Gasteiger partial charge in [0.1, 0.15) is 11.5 Å². The molecule has 12 heteroatoms. The molecule has 0 spiro atoms. The van der Waals surface area contributed by atoms with Crippen LogP contribution in [0, 0.1) is 0 Å². The molecule has 0 amide bonds. The number of ether oxygens (including phenoxy) is 4. The average Bonchev–Trinajstić information content (AvgIpc) is 3.43. The molecular weight excluding hydrogens is 566 g/mol. The van der Waals surface area contributed by atoms with Crippen LogP contribution in [0.2, 0.25) is 6.32 Å². The van der Waals surface area contributed by atoms with Crippen molar-refractivity contribution in [2.24, 2.45) is 0 Å². The molecule has 1 N–H and O–H groups in total. The Morgan fingerprint density at radius 3 is 1.89 bits per heavy atom. The van der Waals surface area contributed by atoms with E-state index in [-0.39, 0.29) is 37.9 Å². The van der Waals surface area contributed by atoms with Crippen LogP contribution in [0.5, 0.6) is 11.5 Å². The second kappa shape index (κ2) is 15.6. The van der Waals surface area contributed by atoms with Crippen molar-refractivity contribution in [1.82, 2.24) is 0 Å². The molecule has 0 saturated carbocycles. The highest BCUT2D eigenvalue weighted by Gasteiger charge is 2.52. The number of carbonyl (C=O) groups is 3. The molecule has 0 aromatic heterocycles. The summed E-state index contributed by atoms with van der Waals surface area (Å²) in [6.45, 7) is 7.34. The van der Waals surface area contributed by atoms with E-state index in [1.54, 1.807) is 32.4 Å². The first-order valence-electron chi connectivity index (χ1n) is 14.3. The molecule has 240 valence electrons. The Bertz CT molecular complexity index is 1290. The Labute approximate surface area is 261 Å². The maximum Gasteiger partial charge on any atom is 0.495 e. The number of Topliss-reactive ketones (excluding diaryl/α,β-unsaturated/α-hetero) is 1. The monoisotopic (exact) mass is 612 g/mol. The molecule has 44 heavy (non-hydrogen) atoms. The fourth-order valence-corrected chi connectivity index (χ4v) is 5.07. The van der Waals surface area contributed by atoms with Gasteiger partial charge in [-0.15, -0.1) is 0 Å². The first-order chi connectivity index (χ1) is 20.3. The fraction of sp³-hybridized carbons (Fsp3) is 0.531. The molecule has 1 atom stereocenters. The zero-order chi connectivity index (χ0) is 31.9. The van der Waals surface area contributed by atoms with E-state index in [1.807, 2.05) is 45.9 Å². The second-order valence-corrected chi connectivity index (χ2v) is 11.6. The largest absolute Gasteiger partial charge is 0.497 e. The third kappa shape index (κ3) is 8.64. The topological polar surface area (TPSA) is 127 Å². The second-order valence-electron chi connectivity index (χ2n) is 11.6. The van der Waals surface area contributed by atoms with Gasteiger partial charge in [-0.05, 0) is 93.2 Å². The third-order valence-electron chi connectivity index (χ3n) is 8.38. The summed E-state index contributed by atoms with van der Waals surface area (Å²) in [6.07, 6.45) is 1.86. The molecule has 4 rings (SSSR count). The van der Waals surface area contributed by atoms with Gasteiger partial charge in [0, 0.05) is 18.4 Å². The molecule has 0 bridgehead atoms. The van der Waals surface area contributed by atoms with E-state index in [4.69, 9.17) is 18.8 Å². The lowest BCUT2D eigenvalue weighted by Gasteiger charge is -2.32. The lowest BCUT2D eigenvalue weighted by atomic mass is 9.62. The summed E-state index contributed by atoms with van der Waals surface area (Å²) < 4.78 is 31.8. The third-order valence-corrected chi connectivity index (χ3v) is 8.38. The highest BCUT2D eigenvalue weighted by Crippen LogP contribution is 2.37. The number of ketones is 1. The summed E-state index contributed by atoms with van der Waals surface area (Å²) in [5.74, 6) is 0.791. The van der Waals surface area contributed by atoms with Gasteiger partial charge in [-0.3, -0.25) is 14.4 Å². The standard InChI is InChI=1S/C18H25BO6.C13H17BO4.CH4/c1-17(2)18(3,4)25-19(24-17)14-11-12(22-5)7-8-13(14)15(20)9-10-16(21)23-6;1-17-10-4-5-11-9(3-6-13(15)18-2)8-14(16)12(11)7-10;/h7-8,11H,9-10H2,1-6H3;4-5,7,9,16H,3,6,8H2,1-2H3;1H4. The molecule has 2 aliphatic heterocycles. The minimum absolute atomic E-state index is 0. The Morgan fingerprint density at radius 1 is 0.818 bits per heavy atom. The maximum atomic E-state index is 12.6. The van der Waals surface area contributed by atoms with Crippen molar-refractivity contribution >= 4 is 42.7 Å². The molecular formula is C32H46B2O10. The Kier molecular flexibility index (Phi) is 13.1. The van der Waals surface area contributed by atoms with Crippen molar-refractivity contribution in [1.29, 1.82) is 0 Å². The van der Waals surface area contributed by atoms with Crippen molar-refractivity contribution in [3.8, 4) is 11.5 Å². The Morgan fingerprint density at radius 2 is 1.34 bits per heavy atom. The molecule has 2 aromatic carbocycles. The highest BCUT2D eigenvalue weighted by molar-refractivity contribution is 6.68. The van der Waals surface area contributed by atoms with E-state index >= 15 is 0 Å². The summed E-state index contributed by atoms with van der Waals surface area (Å²) in [5, 5.41) is 10.0. The normalized spacial score (nSPS) is 17.4. The fourth-order valence-electron chi connectivity index (χ4n) is 5.07. The SMILES string of the molecule is C.COC(=O)CCC(=O)c1ccc(OC)cc1B1OC(C)(C)C(C)(C)O1.COC(=O)CCC1CB(O)c2cc(OC)ccc21. The van der Waals surface area contributed by atoms with Crippen LogP contribution in [0.15, 0.2) is 36.4 Å². The first kappa shape index (κ1) is 36.8. The van der Waals surface area contributed by atoms with E-state index in [9.17, 15) is 19.4 Å². The van der Waals surface area contributed by atoms with Crippen LogP contribution in [-0.4, -0.2) is 76.4 Å². The van der Waals surface area contributed by atoms with Crippen molar-refractivity contribution < 1.29 is 47.7 Å². The molecule has 0 radical (unpaired) electrons. The summed E-state index contributed by atoms with van der Waals surface area (Å²) >= 11 is 0. The predicted octanol–water partition coefficient (Wildman–Crippen LogP) is 3.70. The molecule has 1 fully saturated rings. The average molecular weight is 612 g/mol. The van der Waals surface area contributed by atoms with Crippen LogP contribution in [-0.2, 0) is 28.4 Å². The van der Waals surface area contributed by atoms with E-state index in [0.29, 0.717) is 35.9 Å². The Balaban J connectivity index is 0.000000315. The van der Waals surface area contributed by atoms with Gasteiger partial charge in [-0.25, -0.2) is 0 Å². The van der Waals surface area contributed by atoms with Crippen LogP contribution < -0.4 is 20.4 Å². The summed E-state index contributed by atoms with van der Waals surface area (Å²) in [6, 6.07) is 10.9. The van der Waals surface area contributed by atoms with Gasteiger partial charge in [0.05, 0.1) is 46.1 Å². The van der Waals surface area contributed by atoms with Gasteiger partial charge in [0.25, 0.3) is 0 Å². The summed E-state index contributed by atoms with van der Waals surface area (Å²) in [5.41, 5.74) is 2.06. The summed E-state index contributed by atoms with van der Waals surface area (Å²) in [7, 11) is 5.18. The lowest BCUT2D eigenvalue weighted by molar-refractivity contribution is -0.141. The van der Waals surface area contributed by atoms with Gasteiger partial charge in [-0.1, -0.05) is 13.5 Å². The van der Waals surface area contributed by atoms with E-state index in [2.05, 4.69) is 9.47 Å². The number of carbonyl (C=O) groups excluding carboxylic acids is 3. The van der Waals surface area contributed by atoms with E-state index in [0.717, 1.165) is 16.8 Å². The molecule has 2 aliphatic rings. The Hall–Kier alpha value is -3.34. The number of rotatable bonds is 10. The maximum absolute atomic E-state index is 12.6. The van der Waals surface area contributed by atoms with Gasteiger partial charge in [-0.2, -0.15) is 0 Å². The van der Waals surface area contributed by atoms with Crippen LogP contribution in [0.25, 0.3) is 0 Å². The predicted molar refractivity (Wildman–Crippen MR) is 170 cm³/mol. The van der Waals surface area contributed by atoms with Crippen molar-refractivity contribution in [3.63, 3.8) is 0 Å². The van der Waals surface area contributed by atoms with Crippen molar-refractivity contribution in [2.75, 3.05) is 28.4 Å². The van der Waals surface area contributed by atoms with E-state index in [1.165, 1.54) is 14.2 Å². The minimum atomic E-state index is -0.683. The minimum Gasteiger partial charge on any atom is -0.497 e. The van der Waals surface area contributed by atoms with Gasteiger partial charge in [0.2, 0.25) is 0 Å².